The molecule has 1 atom stereocenters. The Hall–Kier alpha value is -0.0800. The van der Waals surface area contributed by atoms with Gasteiger partial charge in [-0.1, -0.05) is 39.5 Å². The van der Waals surface area contributed by atoms with E-state index in [0.717, 1.165) is 19.4 Å². The van der Waals surface area contributed by atoms with Crippen LogP contribution in [0.25, 0.3) is 0 Å². The summed E-state index contributed by atoms with van der Waals surface area (Å²) in [6.45, 7) is 5.09. The summed E-state index contributed by atoms with van der Waals surface area (Å²) in [6, 6.07) is 0. The Bertz CT molecular complexity index is 85.9. The summed E-state index contributed by atoms with van der Waals surface area (Å²) >= 11 is 0. The Morgan fingerprint density at radius 3 is 2.33 bits per heavy atom. The topological polar surface area (TPSA) is 32.3 Å². The van der Waals surface area contributed by atoms with Crippen molar-refractivity contribution in [2.75, 3.05) is 6.54 Å². The maximum atomic E-state index is 9.29. The van der Waals surface area contributed by atoms with Crippen molar-refractivity contribution in [2.24, 2.45) is 0 Å². The number of nitrogens with one attached hydrogen (secondary N) is 1. The van der Waals surface area contributed by atoms with E-state index in [1.807, 2.05) is 6.92 Å². The van der Waals surface area contributed by atoms with Gasteiger partial charge in [-0.15, -0.1) is 0 Å². The van der Waals surface area contributed by atoms with Crippen LogP contribution in [0.4, 0.5) is 0 Å². The summed E-state index contributed by atoms with van der Waals surface area (Å²) in [4.78, 5) is 0. The van der Waals surface area contributed by atoms with Gasteiger partial charge in [0.25, 0.3) is 0 Å². The Morgan fingerprint density at radius 2 is 1.75 bits per heavy atom. The molecule has 2 N–H and O–H groups in total. The third kappa shape index (κ3) is 8.02. The van der Waals surface area contributed by atoms with Crippen LogP contribution in [0.1, 0.15) is 52.4 Å². The van der Waals surface area contributed by atoms with Crippen LogP contribution in [0, 0.1) is 0 Å². The molecule has 0 aliphatic rings. The van der Waals surface area contributed by atoms with Gasteiger partial charge < -0.3 is 5.11 Å². The van der Waals surface area contributed by atoms with Gasteiger partial charge in [-0.25, -0.2) is 0 Å². The molecule has 12 heavy (non-hydrogen) atoms. The predicted octanol–water partition coefficient (Wildman–Crippen LogP) is 2.27. The Kier molecular flexibility index (Phi) is 8.95. The smallest absolute Gasteiger partial charge is 0.104 e. The SMILES string of the molecule is CCCCCCCC(O)NCC. The zero-order valence-electron chi connectivity index (χ0n) is 8.47. The fourth-order valence-corrected chi connectivity index (χ4v) is 1.28. The van der Waals surface area contributed by atoms with E-state index in [1.165, 1.54) is 25.7 Å². The van der Waals surface area contributed by atoms with Crippen molar-refractivity contribution in [1.29, 1.82) is 0 Å². The number of hydrogen-bond acceptors (Lipinski definition) is 2. The molecule has 0 aromatic heterocycles. The second-order valence-corrected chi connectivity index (χ2v) is 3.28. The molecule has 0 aromatic rings. The summed E-state index contributed by atoms with van der Waals surface area (Å²) in [7, 11) is 0. The van der Waals surface area contributed by atoms with Crippen LogP contribution in [0.3, 0.4) is 0 Å². The van der Waals surface area contributed by atoms with Crippen LogP contribution >= 0.6 is 0 Å². The lowest BCUT2D eigenvalue weighted by atomic mass is 10.1. The van der Waals surface area contributed by atoms with Crippen LogP contribution in [-0.2, 0) is 0 Å². The lowest BCUT2D eigenvalue weighted by Crippen LogP contribution is -2.27. The molecule has 0 saturated heterocycles. The van der Waals surface area contributed by atoms with E-state index < -0.39 is 0 Å². The van der Waals surface area contributed by atoms with Gasteiger partial charge in [0.15, 0.2) is 0 Å². The molecule has 0 saturated carbocycles. The highest BCUT2D eigenvalue weighted by molar-refractivity contribution is 4.52. The molecule has 0 aliphatic carbocycles. The van der Waals surface area contributed by atoms with Crippen LogP contribution in [0.5, 0.6) is 0 Å². The zero-order chi connectivity index (χ0) is 9.23. The minimum Gasteiger partial charge on any atom is -0.379 e. The lowest BCUT2D eigenvalue weighted by Gasteiger charge is -2.10. The molecule has 0 heterocycles. The third-order valence-electron chi connectivity index (χ3n) is 2.02. The number of aliphatic hydroxyl groups excluding tert-OH is 1. The zero-order valence-corrected chi connectivity index (χ0v) is 8.47. The molecule has 0 aliphatic heterocycles. The molecular weight excluding hydrogens is 150 g/mol. The van der Waals surface area contributed by atoms with Gasteiger partial charge in [0.1, 0.15) is 6.23 Å². The molecule has 0 radical (unpaired) electrons. The minimum absolute atomic E-state index is 0.281. The predicted molar refractivity (Wildman–Crippen MR) is 53.1 cm³/mol. The van der Waals surface area contributed by atoms with Crippen LogP contribution in [0.2, 0.25) is 0 Å². The first-order valence-corrected chi connectivity index (χ1v) is 5.22. The Balaban J connectivity index is 2.97. The second kappa shape index (κ2) is 9.01. The summed E-state index contributed by atoms with van der Waals surface area (Å²) in [5, 5.41) is 12.3. The highest BCUT2D eigenvalue weighted by Crippen LogP contribution is 2.05. The van der Waals surface area contributed by atoms with Crippen LogP contribution in [-0.4, -0.2) is 17.9 Å². The van der Waals surface area contributed by atoms with Gasteiger partial charge >= 0.3 is 0 Å². The van der Waals surface area contributed by atoms with Crippen molar-refractivity contribution >= 4 is 0 Å². The molecule has 2 heteroatoms. The van der Waals surface area contributed by atoms with Gasteiger partial charge in [0.2, 0.25) is 0 Å². The number of unbranched alkanes of at least 4 members (excludes halogenated alkanes) is 4. The normalized spacial score (nSPS) is 13.2. The first-order chi connectivity index (χ1) is 5.81. The summed E-state index contributed by atoms with van der Waals surface area (Å²) in [5.41, 5.74) is 0. The van der Waals surface area contributed by atoms with E-state index in [1.54, 1.807) is 0 Å². The first-order valence-electron chi connectivity index (χ1n) is 5.22. The third-order valence-corrected chi connectivity index (χ3v) is 2.02. The molecule has 0 bridgehead atoms. The van der Waals surface area contributed by atoms with Gasteiger partial charge in [0, 0.05) is 0 Å². The van der Waals surface area contributed by atoms with E-state index in [2.05, 4.69) is 12.2 Å². The highest BCUT2D eigenvalue weighted by Gasteiger charge is 1.99. The number of aliphatic hydroxyl groups is 1. The largest absolute Gasteiger partial charge is 0.379 e. The van der Waals surface area contributed by atoms with Gasteiger partial charge in [0.05, 0.1) is 0 Å². The minimum atomic E-state index is -0.281. The molecule has 2 nitrogen and oxygen atoms in total. The average molecular weight is 173 g/mol. The Morgan fingerprint density at radius 1 is 1.08 bits per heavy atom. The maximum Gasteiger partial charge on any atom is 0.104 e. The van der Waals surface area contributed by atoms with Crippen molar-refractivity contribution in [3.05, 3.63) is 0 Å². The highest BCUT2D eigenvalue weighted by atomic mass is 16.3. The standard InChI is InChI=1S/C10H23NO/c1-3-5-6-7-8-9-10(12)11-4-2/h10-12H,3-9H2,1-2H3. The number of hydrogen-bond donors (Lipinski definition) is 2. The fourth-order valence-electron chi connectivity index (χ4n) is 1.28. The van der Waals surface area contributed by atoms with E-state index in [0.29, 0.717) is 0 Å². The second-order valence-electron chi connectivity index (χ2n) is 3.28. The van der Waals surface area contributed by atoms with Crippen molar-refractivity contribution < 1.29 is 5.11 Å². The summed E-state index contributed by atoms with van der Waals surface area (Å²) < 4.78 is 0. The van der Waals surface area contributed by atoms with Crippen molar-refractivity contribution in [1.82, 2.24) is 5.32 Å². The van der Waals surface area contributed by atoms with Gasteiger partial charge in [-0.05, 0) is 19.4 Å². The molecule has 0 spiro atoms. The maximum absolute atomic E-state index is 9.29. The molecule has 0 amide bonds. The summed E-state index contributed by atoms with van der Waals surface area (Å²) in [6.07, 6.45) is 6.96. The van der Waals surface area contributed by atoms with Crippen molar-refractivity contribution in [2.45, 2.75) is 58.6 Å². The number of rotatable bonds is 8. The first kappa shape index (κ1) is 11.9. The van der Waals surface area contributed by atoms with E-state index in [4.69, 9.17) is 0 Å². The van der Waals surface area contributed by atoms with Crippen LogP contribution < -0.4 is 5.32 Å². The van der Waals surface area contributed by atoms with E-state index in [9.17, 15) is 5.11 Å². The molecule has 1 unspecified atom stereocenters. The van der Waals surface area contributed by atoms with Gasteiger partial charge in [-0.2, -0.15) is 0 Å². The van der Waals surface area contributed by atoms with Crippen molar-refractivity contribution in [3.63, 3.8) is 0 Å². The van der Waals surface area contributed by atoms with Crippen LogP contribution in [0.15, 0.2) is 0 Å². The monoisotopic (exact) mass is 173 g/mol. The molecule has 0 aromatic carbocycles. The molecule has 0 rings (SSSR count). The lowest BCUT2D eigenvalue weighted by molar-refractivity contribution is 0.127. The summed E-state index contributed by atoms with van der Waals surface area (Å²) in [5.74, 6) is 0. The molecular formula is C10H23NO. The quantitative estimate of drug-likeness (QED) is 0.436. The van der Waals surface area contributed by atoms with E-state index >= 15 is 0 Å². The Labute approximate surface area is 76.4 Å². The van der Waals surface area contributed by atoms with Gasteiger partial charge in [-0.3, -0.25) is 5.32 Å². The van der Waals surface area contributed by atoms with E-state index in [-0.39, 0.29) is 6.23 Å². The average Bonchev–Trinajstić information content (AvgIpc) is 2.05. The molecule has 0 fully saturated rings. The van der Waals surface area contributed by atoms with Crippen molar-refractivity contribution in [3.8, 4) is 0 Å². The molecule has 74 valence electrons. The fraction of sp³-hybridized carbons (Fsp3) is 1.00.